The van der Waals surface area contributed by atoms with Gasteiger partial charge in [-0.05, 0) is 66.4 Å². The summed E-state index contributed by atoms with van der Waals surface area (Å²) in [6, 6.07) is 15.8. The third kappa shape index (κ3) is 5.55. The van der Waals surface area contributed by atoms with Crippen LogP contribution in [0.2, 0.25) is 0 Å². The molecule has 3 rings (SSSR count). The van der Waals surface area contributed by atoms with E-state index in [1.54, 1.807) is 56.5 Å². The highest BCUT2D eigenvalue weighted by molar-refractivity contribution is 7.10. The highest BCUT2D eigenvalue weighted by atomic mass is 32.1. The van der Waals surface area contributed by atoms with Gasteiger partial charge < -0.3 is 15.4 Å². The summed E-state index contributed by atoms with van der Waals surface area (Å²) in [7, 11) is 1.55. The zero-order valence-electron chi connectivity index (χ0n) is 16.5. The first-order chi connectivity index (χ1) is 14.5. The maximum atomic E-state index is 13.2. The standard InChI is InChI=1S/C23H21FN2O3S/c1-15(16-5-9-18(24)10-6-16)25-23(28)21(14-20-4-3-13-30-20)26-22(27)17-7-11-19(29-2)12-8-17/h3-15H,1-2H3,(H,25,28)(H,26,27)/b21-14-/t15-/m1/s1. The second-order valence-electron chi connectivity index (χ2n) is 6.50. The molecule has 5 nitrogen and oxygen atoms in total. The summed E-state index contributed by atoms with van der Waals surface area (Å²) in [5.41, 5.74) is 1.26. The number of hydrogen-bond donors (Lipinski definition) is 2. The zero-order chi connectivity index (χ0) is 21.5. The molecule has 1 heterocycles. The lowest BCUT2D eigenvalue weighted by Crippen LogP contribution is -2.36. The fourth-order valence-corrected chi connectivity index (χ4v) is 3.38. The van der Waals surface area contributed by atoms with Crippen molar-refractivity contribution in [2.75, 3.05) is 7.11 Å². The van der Waals surface area contributed by atoms with Gasteiger partial charge in [0, 0.05) is 10.4 Å². The van der Waals surface area contributed by atoms with Gasteiger partial charge in [-0.3, -0.25) is 9.59 Å². The Bertz CT molecular complexity index is 1030. The molecule has 2 N–H and O–H groups in total. The molecule has 3 aromatic rings. The van der Waals surface area contributed by atoms with Gasteiger partial charge in [-0.15, -0.1) is 11.3 Å². The predicted molar refractivity (Wildman–Crippen MR) is 116 cm³/mol. The molecule has 0 fully saturated rings. The molecule has 154 valence electrons. The van der Waals surface area contributed by atoms with Crippen molar-refractivity contribution in [3.63, 3.8) is 0 Å². The third-order valence-electron chi connectivity index (χ3n) is 4.39. The fraction of sp³-hybridized carbons (Fsp3) is 0.130. The second kappa shape index (κ2) is 9.84. The number of carbonyl (C=O) groups is 2. The number of carbonyl (C=O) groups excluding carboxylic acids is 2. The fourth-order valence-electron chi connectivity index (χ4n) is 2.72. The number of hydrogen-bond acceptors (Lipinski definition) is 4. The molecule has 7 heteroatoms. The predicted octanol–water partition coefficient (Wildman–Crippen LogP) is 4.54. The number of nitrogens with one attached hydrogen (secondary N) is 2. The summed E-state index contributed by atoms with van der Waals surface area (Å²) in [6.07, 6.45) is 1.62. The van der Waals surface area contributed by atoms with Crippen LogP contribution in [-0.2, 0) is 4.79 Å². The molecule has 0 radical (unpaired) electrons. The third-order valence-corrected chi connectivity index (χ3v) is 5.21. The Morgan fingerprint density at radius 3 is 2.37 bits per heavy atom. The van der Waals surface area contributed by atoms with E-state index in [2.05, 4.69) is 10.6 Å². The van der Waals surface area contributed by atoms with Gasteiger partial charge in [-0.2, -0.15) is 0 Å². The molecule has 0 saturated heterocycles. The molecule has 2 aromatic carbocycles. The Hall–Kier alpha value is -3.45. The van der Waals surface area contributed by atoms with Crippen LogP contribution in [0.3, 0.4) is 0 Å². The first kappa shape index (κ1) is 21.3. The molecule has 0 bridgehead atoms. The minimum absolute atomic E-state index is 0.118. The van der Waals surface area contributed by atoms with Gasteiger partial charge in [-0.1, -0.05) is 18.2 Å². The van der Waals surface area contributed by atoms with Crippen LogP contribution in [0.1, 0.15) is 33.8 Å². The Morgan fingerprint density at radius 1 is 1.07 bits per heavy atom. The Balaban J connectivity index is 1.78. The van der Waals surface area contributed by atoms with Gasteiger partial charge in [0.1, 0.15) is 17.3 Å². The van der Waals surface area contributed by atoms with E-state index in [0.29, 0.717) is 11.3 Å². The van der Waals surface area contributed by atoms with Crippen LogP contribution in [0.15, 0.2) is 71.7 Å². The molecule has 1 atom stereocenters. The Kier molecular flexibility index (Phi) is 6.98. The van der Waals surface area contributed by atoms with E-state index in [0.717, 1.165) is 10.4 Å². The molecule has 1 aromatic heterocycles. The monoisotopic (exact) mass is 424 g/mol. The number of benzene rings is 2. The van der Waals surface area contributed by atoms with E-state index in [1.165, 1.54) is 23.5 Å². The van der Waals surface area contributed by atoms with E-state index >= 15 is 0 Å². The van der Waals surface area contributed by atoms with Crippen molar-refractivity contribution in [1.82, 2.24) is 10.6 Å². The maximum absolute atomic E-state index is 13.2. The number of rotatable bonds is 7. The molecule has 0 saturated carbocycles. The highest BCUT2D eigenvalue weighted by Crippen LogP contribution is 2.17. The van der Waals surface area contributed by atoms with Crippen molar-refractivity contribution >= 4 is 29.2 Å². The summed E-state index contributed by atoms with van der Waals surface area (Å²) in [4.78, 5) is 26.4. The summed E-state index contributed by atoms with van der Waals surface area (Å²) in [6.45, 7) is 1.79. The lowest BCUT2D eigenvalue weighted by atomic mass is 10.1. The molecule has 2 amide bonds. The Labute approximate surface area is 178 Å². The first-order valence-corrected chi connectivity index (χ1v) is 10.1. The van der Waals surface area contributed by atoms with Crippen LogP contribution in [0.25, 0.3) is 6.08 Å². The van der Waals surface area contributed by atoms with Crippen molar-refractivity contribution in [1.29, 1.82) is 0 Å². The molecular formula is C23H21FN2O3S. The number of thiophene rings is 1. The lowest BCUT2D eigenvalue weighted by Gasteiger charge is -2.16. The van der Waals surface area contributed by atoms with Crippen molar-refractivity contribution < 1.29 is 18.7 Å². The van der Waals surface area contributed by atoms with Crippen LogP contribution >= 0.6 is 11.3 Å². The Morgan fingerprint density at radius 2 is 1.77 bits per heavy atom. The van der Waals surface area contributed by atoms with E-state index in [1.807, 2.05) is 17.5 Å². The molecular weight excluding hydrogens is 403 g/mol. The van der Waals surface area contributed by atoms with Crippen molar-refractivity contribution in [2.24, 2.45) is 0 Å². The van der Waals surface area contributed by atoms with Gasteiger partial charge in [-0.25, -0.2) is 4.39 Å². The minimum atomic E-state index is -0.443. The van der Waals surface area contributed by atoms with E-state index < -0.39 is 11.8 Å². The number of halogens is 1. The average Bonchev–Trinajstić information content (AvgIpc) is 3.26. The summed E-state index contributed by atoms with van der Waals surface area (Å²) < 4.78 is 18.3. The average molecular weight is 424 g/mol. The van der Waals surface area contributed by atoms with Gasteiger partial charge in [0.25, 0.3) is 11.8 Å². The molecule has 0 aliphatic rings. The van der Waals surface area contributed by atoms with Gasteiger partial charge in [0.2, 0.25) is 0 Å². The molecule has 0 spiro atoms. The van der Waals surface area contributed by atoms with Crippen LogP contribution in [0.4, 0.5) is 4.39 Å². The molecule has 0 aliphatic carbocycles. The lowest BCUT2D eigenvalue weighted by molar-refractivity contribution is -0.118. The number of methoxy groups -OCH3 is 1. The van der Waals surface area contributed by atoms with Crippen molar-refractivity contribution in [3.05, 3.63) is 93.6 Å². The summed E-state index contributed by atoms with van der Waals surface area (Å²) >= 11 is 1.45. The smallest absolute Gasteiger partial charge is 0.268 e. The minimum Gasteiger partial charge on any atom is -0.497 e. The van der Waals surface area contributed by atoms with Crippen LogP contribution in [0, 0.1) is 5.82 Å². The normalized spacial score (nSPS) is 12.2. The van der Waals surface area contributed by atoms with Crippen molar-refractivity contribution in [2.45, 2.75) is 13.0 Å². The van der Waals surface area contributed by atoms with Gasteiger partial charge >= 0.3 is 0 Å². The first-order valence-electron chi connectivity index (χ1n) is 9.23. The largest absolute Gasteiger partial charge is 0.497 e. The topological polar surface area (TPSA) is 67.4 Å². The van der Waals surface area contributed by atoms with Gasteiger partial charge in [0.15, 0.2) is 0 Å². The molecule has 30 heavy (non-hydrogen) atoms. The summed E-state index contributed by atoms with van der Waals surface area (Å²) in [5.74, 6) is -0.568. The highest BCUT2D eigenvalue weighted by Gasteiger charge is 2.18. The SMILES string of the molecule is COc1ccc(C(=O)N/C(=C\c2cccs2)C(=O)N[C@H](C)c2ccc(F)cc2)cc1. The number of ether oxygens (including phenoxy) is 1. The molecule has 0 aliphatic heterocycles. The second-order valence-corrected chi connectivity index (χ2v) is 7.48. The quantitative estimate of drug-likeness (QED) is 0.547. The molecule has 0 unspecified atom stereocenters. The van der Waals surface area contributed by atoms with Crippen molar-refractivity contribution in [3.8, 4) is 5.75 Å². The van der Waals surface area contributed by atoms with E-state index in [9.17, 15) is 14.0 Å². The zero-order valence-corrected chi connectivity index (χ0v) is 17.3. The van der Waals surface area contributed by atoms with Crippen LogP contribution < -0.4 is 15.4 Å². The summed E-state index contributed by atoms with van der Waals surface area (Å²) in [5, 5.41) is 7.42. The number of amides is 2. The van der Waals surface area contributed by atoms with Crippen LogP contribution in [0.5, 0.6) is 5.75 Å². The maximum Gasteiger partial charge on any atom is 0.268 e. The van der Waals surface area contributed by atoms with Gasteiger partial charge in [0.05, 0.1) is 13.2 Å². The van der Waals surface area contributed by atoms with E-state index in [-0.39, 0.29) is 17.6 Å². The van der Waals surface area contributed by atoms with E-state index in [4.69, 9.17) is 4.74 Å². The van der Waals surface area contributed by atoms with Crippen LogP contribution in [-0.4, -0.2) is 18.9 Å².